The van der Waals surface area contributed by atoms with Crippen molar-refractivity contribution >= 4 is 87.4 Å². The Kier molecular flexibility index (Phi) is 48.5. The molecule has 0 saturated carbocycles. The molecule has 10 heteroatoms. The van der Waals surface area contributed by atoms with E-state index < -0.39 is 24.1 Å². The van der Waals surface area contributed by atoms with E-state index in [1.54, 1.807) is 0 Å². The van der Waals surface area contributed by atoms with Gasteiger partial charge in [0.05, 0.1) is 0 Å². The second kappa shape index (κ2) is 21.6. The zero-order valence-electron chi connectivity index (χ0n) is 7.76. The fourth-order valence-electron chi connectivity index (χ4n) is 0. The molecule has 2 unspecified atom stereocenters. The average molecular weight is 300 g/mol. The van der Waals surface area contributed by atoms with Gasteiger partial charge in [-0.15, -0.1) is 0 Å². The van der Waals surface area contributed by atoms with E-state index in [9.17, 15) is 9.59 Å². The van der Waals surface area contributed by atoms with E-state index in [-0.39, 0.29) is 86.4 Å². The number of hydrogen-bond acceptors (Lipinski definition) is 4. The second-order valence-corrected chi connectivity index (χ2v) is 2.03. The van der Waals surface area contributed by atoms with Gasteiger partial charge in [-0.25, -0.2) is 9.59 Å². The Balaban J connectivity index is -0.0000000250. The van der Waals surface area contributed by atoms with Crippen LogP contribution in [0.4, 0.5) is 0 Å². The minimum atomic E-state index is -1.23. The van der Waals surface area contributed by atoms with Crippen LogP contribution in [0.2, 0.25) is 0 Å². The predicted molar refractivity (Wildman–Crippen MR) is 62.9 cm³/mol. The molecule has 0 rings (SSSR count). The monoisotopic (exact) mass is 300 g/mol. The van der Waals surface area contributed by atoms with Crippen LogP contribution in [0, 0.1) is 0 Å². The Labute approximate surface area is 152 Å². The number of carboxylic acid groups (broad SMARTS) is 2. The third kappa shape index (κ3) is 36.2. The third-order valence-corrected chi connectivity index (χ3v) is 0.715. The quantitative estimate of drug-likeness (QED) is 0.373. The molecule has 0 aliphatic rings. The van der Waals surface area contributed by atoms with Gasteiger partial charge in [-0.3, -0.25) is 0 Å². The molecule has 0 saturated heterocycles. The fourth-order valence-corrected chi connectivity index (χ4v) is 0. The van der Waals surface area contributed by atoms with E-state index in [2.05, 4.69) is 0 Å². The van der Waals surface area contributed by atoms with Crippen molar-refractivity contribution < 1.29 is 41.0 Å². The van der Waals surface area contributed by atoms with Gasteiger partial charge in [0.25, 0.3) is 0 Å². The number of carboxylic acids is 2. The zero-order valence-corrected chi connectivity index (χ0v) is 7.76. The Morgan fingerprint density at radius 2 is 0.875 bits per heavy atom. The molecule has 0 spiro atoms. The Morgan fingerprint density at radius 3 is 0.875 bits per heavy atom. The summed E-state index contributed by atoms with van der Waals surface area (Å²) < 4.78 is 0. The number of hydrogen-bond donors (Lipinski definition) is 4. The van der Waals surface area contributed by atoms with Crippen molar-refractivity contribution in [3.63, 3.8) is 0 Å². The Hall–Kier alpha value is 1.30. The van der Waals surface area contributed by atoms with E-state index in [0.717, 1.165) is 0 Å². The van der Waals surface area contributed by atoms with Crippen LogP contribution in [-0.4, -0.2) is 131 Å². The minimum absolute atomic E-state index is 0. The molecule has 96 valence electrons. The molecule has 8 nitrogen and oxygen atoms in total. The van der Waals surface area contributed by atoms with Crippen molar-refractivity contribution in [2.24, 2.45) is 0 Å². The van der Waals surface area contributed by atoms with Crippen LogP contribution < -0.4 is 0 Å². The van der Waals surface area contributed by atoms with Crippen LogP contribution in [0.25, 0.3) is 0 Å². The number of aliphatic hydroxyl groups is 2. The van der Waals surface area contributed by atoms with Gasteiger partial charge in [0.1, 0.15) is 12.2 Å². The summed E-state index contributed by atoms with van der Waals surface area (Å²) in [4.78, 5) is 18.9. The number of rotatable bonds is 2. The number of carbonyl (C=O) groups is 2. The van der Waals surface area contributed by atoms with Crippen molar-refractivity contribution in [1.29, 1.82) is 0 Å². The van der Waals surface area contributed by atoms with E-state index in [1.165, 1.54) is 13.8 Å². The molecule has 0 bridgehead atoms. The fraction of sp³-hybridized carbons (Fsp3) is 0.667. The first kappa shape index (κ1) is 36.0. The van der Waals surface area contributed by atoms with Gasteiger partial charge >= 0.3 is 87.4 Å². The molecule has 0 radical (unpaired) electrons. The first-order chi connectivity index (χ1) is 5.29. The molecule has 0 amide bonds. The van der Waals surface area contributed by atoms with Gasteiger partial charge in [-0.2, -0.15) is 0 Å². The first-order valence-electron chi connectivity index (χ1n) is 3.10. The molecule has 0 aliphatic heterocycles. The average Bonchev–Trinajstić information content (AvgIpc) is 1.88. The summed E-state index contributed by atoms with van der Waals surface area (Å²) >= 11 is 0. The second-order valence-electron chi connectivity index (χ2n) is 2.03. The van der Waals surface area contributed by atoms with Crippen LogP contribution in [-0.2, 0) is 9.59 Å². The molecule has 0 aromatic rings. The van der Waals surface area contributed by atoms with Gasteiger partial charge in [0, 0.05) is 0 Å². The topological polar surface area (TPSA) is 178 Å². The molecular weight excluding hydrogens is 280 g/mol. The Morgan fingerprint density at radius 1 is 0.812 bits per heavy atom. The zero-order chi connectivity index (χ0) is 10.3. The van der Waals surface area contributed by atoms with Crippen molar-refractivity contribution in [3.8, 4) is 0 Å². The summed E-state index contributed by atoms with van der Waals surface area (Å²) in [5.74, 6) is -2.37. The molecule has 16 heavy (non-hydrogen) atoms. The van der Waals surface area contributed by atoms with Crippen molar-refractivity contribution in [1.82, 2.24) is 0 Å². The van der Waals surface area contributed by atoms with Gasteiger partial charge in [-0.1, -0.05) is 0 Å². The summed E-state index contributed by atoms with van der Waals surface area (Å²) in [5, 5.41) is 31.5. The van der Waals surface area contributed by atoms with Gasteiger partial charge in [0.15, 0.2) is 0 Å². The normalized spacial score (nSPS) is 10.2. The van der Waals surface area contributed by atoms with E-state index >= 15 is 0 Å². The first-order valence-corrected chi connectivity index (χ1v) is 3.10. The molecular formula is C6H20Ca2O8. The summed E-state index contributed by atoms with van der Waals surface area (Å²) in [6.45, 7) is 2.39. The van der Waals surface area contributed by atoms with Crippen molar-refractivity contribution in [2.75, 3.05) is 0 Å². The summed E-state index contributed by atoms with van der Waals surface area (Å²) in [7, 11) is 0. The van der Waals surface area contributed by atoms with Crippen molar-refractivity contribution in [3.05, 3.63) is 0 Å². The molecule has 8 N–H and O–H groups in total. The third-order valence-electron chi connectivity index (χ3n) is 0.715. The molecule has 0 aliphatic carbocycles. The van der Waals surface area contributed by atoms with Gasteiger partial charge in [0.2, 0.25) is 0 Å². The summed E-state index contributed by atoms with van der Waals surface area (Å²) in [6, 6.07) is 0. The number of aliphatic carboxylic acids is 2. The van der Waals surface area contributed by atoms with Gasteiger partial charge in [-0.05, 0) is 13.8 Å². The maximum atomic E-state index is 9.45. The SMILES string of the molecule is CC(O)C(=O)O.CC(O)C(=O)O.O.O.[CaH2].[CaH2]. The molecule has 0 fully saturated rings. The van der Waals surface area contributed by atoms with Crippen molar-refractivity contribution in [2.45, 2.75) is 26.1 Å². The van der Waals surface area contributed by atoms with E-state index in [0.29, 0.717) is 0 Å². The summed E-state index contributed by atoms with van der Waals surface area (Å²) in [6.07, 6.45) is -2.46. The standard InChI is InChI=1S/2C3H6O3.2Ca.2H2O.4H/c2*1-2(4)3(5)6;;;;;;;;/h2*2,4H,1H3,(H,5,6);;;2*1H2;;;;. The maximum absolute atomic E-state index is 9.45. The van der Waals surface area contributed by atoms with E-state index in [1.807, 2.05) is 0 Å². The van der Waals surface area contributed by atoms with Crippen LogP contribution in [0.3, 0.4) is 0 Å². The van der Waals surface area contributed by atoms with Crippen LogP contribution in [0.1, 0.15) is 13.8 Å². The molecule has 0 aromatic carbocycles. The molecule has 0 heterocycles. The van der Waals surface area contributed by atoms with Crippen LogP contribution >= 0.6 is 0 Å². The van der Waals surface area contributed by atoms with Gasteiger partial charge < -0.3 is 31.4 Å². The molecule has 2 atom stereocenters. The number of aliphatic hydroxyl groups excluding tert-OH is 2. The predicted octanol–water partition coefficient (Wildman–Crippen LogP) is -4.58. The Bertz CT molecular complexity index is 143. The van der Waals surface area contributed by atoms with Crippen LogP contribution in [0.5, 0.6) is 0 Å². The summed E-state index contributed by atoms with van der Waals surface area (Å²) in [5.41, 5.74) is 0. The van der Waals surface area contributed by atoms with E-state index in [4.69, 9.17) is 20.4 Å². The van der Waals surface area contributed by atoms with Crippen LogP contribution in [0.15, 0.2) is 0 Å². The molecule has 0 aromatic heterocycles.